The van der Waals surface area contributed by atoms with Gasteiger partial charge in [-0.2, -0.15) is 0 Å². The van der Waals surface area contributed by atoms with Gasteiger partial charge in [-0.15, -0.1) is 0 Å². The van der Waals surface area contributed by atoms with E-state index in [1.165, 1.54) is 7.11 Å². The monoisotopic (exact) mass is 476 g/mol. The summed E-state index contributed by atoms with van der Waals surface area (Å²) in [5.74, 6) is 0.888. The van der Waals surface area contributed by atoms with Crippen molar-refractivity contribution in [2.75, 3.05) is 38.7 Å². The van der Waals surface area contributed by atoms with Gasteiger partial charge >= 0.3 is 12.1 Å². The molecule has 10 nitrogen and oxygen atoms in total. The molecule has 0 atom stereocenters. The zero-order chi connectivity index (χ0) is 23.8. The van der Waals surface area contributed by atoms with E-state index in [1.54, 1.807) is 11.1 Å². The first-order valence-electron chi connectivity index (χ1n) is 11.5. The molecule has 0 spiro atoms. The SMILES string of the molecule is COC(=O)N1CCC(CCNC(=O)Nc2cnc3c(ccn3COCC[Si](C)(C)C)n2)CC1. The molecule has 33 heavy (non-hydrogen) atoms. The molecule has 0 bridgehead atoms. The number of aromatic nitrogens is 3. The van der Waals surface area contributed by atoms with Gasteiger partial charge in [0.15, 0.2) is 11.5 Å². The van der Waals surface area contributed by atoms with Crippen molar-refractivity contribution >= 4 is 37.2 Å². The van der Waals surface area contributed by atoms with Gasteiger partial charge in [-0.25, -0.2) is 19.6 Å². The summed E-state index contributed by atoms with van der Waals surface area (Å²) in [6, 6.07) is 2.69. The molecule has 2 aromatic rings. The molecular weight excluding hydrogens is 440 g/mol. The van der Waals surface area contributed by atoms with Gasteiger partial charge in [0.25, 0.3) is 0 Å². The van der Waals surface area contributed by atoms with Crippen LogP contribution in [0.3, 0.4) is 0 Å². The number of carbonyl (C=O) groups excluding carboxylic acids is 2. The van der Waals surface area contributed by atoms with Crippen molar-refractivity contribution in [2.45, 2.75) is 51.7 Å². The molecule has 11 heteroatoms. The van der Waals surface area contributed by atoms with Crippen LogP contribution in [0.15, 0.2) is 18.5 Å². The highest BCUT2D eigenvalue weighted by molar-refractivity contribution is 6.76. The number of amides is 3. The molecule has 0 aliphatic carbocycles. The van der Waals surface area contributed by atoms with Crippen molar-refractivity contribution in [2.24, 2.45) is 5.92 Å². The van der Waals surface area contributed by atoms with Crippen LogP contribution in [0.1, 0.15) is 19.3 Å². The van der Waals surface area contributed by atoms with Gasteiger partial charge in [0.1, 0.15) is 12.2 Å². The second-order valence-corrected chi connectivity index (χ2v) is 15.3. The first kappa shape index (κ1) is 25.0. The van der Waals surface area contributed by atoms with Gasteiger partial charge in [-0.3, -0.25) is 5.32 Å². The molecule has 3 amide bonds. The summed E-state index contributed by atoms with van der Waals surface area (Å²) in [7, 11) is 0.290. The molecule has 1 aliphatic heterocycles. The molecule has 3 heterocycles. The number of nitrogens with one attached hydrogen (secondary N) is 2. The minimum atomic E-state index is -1.11. The number of hydrogen-bond acceptors (Lipinski definition) is 6. The van der Waals surface area contributed by atoms with E-state index in [-0.39, 0.29) is 12.1 Å². The zero-order valence-electron chi connectivity index (χ0n) is 20.1. The number of carbonyl (C=O) groups is 2. The first-order valence-corrected chi connectivity index (χ1v) is 15.2. The van der Waals surface area contributed by atoms with Crippen LogP contribution < -0.4 is 10.6 Å². The van der Waals surface area contributed by atoms with E-state index in [1.807, 2.05) is 16.8 Å². The average molecular weight is 477 g/mol. The smallest absolute Gasteiger partial charge is 0.409 e. The summed E-state index contributed by atoms with van der Waals surface area (Å²) in [6.45, 7) is 10.1. The maximum absolute atomic E-state index is 12.2. The van der Waals surface area contributed by atoms with Gasteiger partial charge in [0.05, 0.1) is 13.3 Å². The number of ether oxygens (including phenoxy) is 2. The van der Waals surface area contributed by atoms with Crippen LogP contribution >= 0.6 is 0 Å². The summed E-state index contributed by atoms with van der Waals surface area (Å²) in [4.78, 5) is 34.4. The van der Waals surface area contributed by atoms with Crippen molar-refractivity contribution in [3.8, 4) is 0 Å². The Kier molecular flexibility index (Phi) is 8.67. The largest absolute Gasteiger partial charge is 0.453 e. The second-order valence-electron chi connectivity index (χ2n) is 9.67. The number of likely N-dealkylation sites (tertiary alicyclic amines) is 1. The van der Waals surface area contributed by atoms with Gasteiger partial charge in [0.2, 0.25) is 0 Å². The lowest BCUT2D eigenvalue weighted by molar-refractivity contribution is 0.0898. The number of hydrogen-bond donors (Lipinski definition) is 2. The molecule has 1 saturated heterocycles. The molecule has 3 rings (SSSR count). The van der Waals surface area contributed by atoms with Crippen LogP contribution in [0.25, 0.3) is 11.2 Å². The maximum atomic E-state index is 12.2. The van der Waals surface area contributed by atoms with Crippen LogP contribution in [0, 0.1) is 5.92 Å². The molecular formula is C22H36N6O4Si. The first-order chi connectivity index (χ1) is 15.7. The van der Waals surface area contributed by atoms with Crippen molar-refractivity contribution in [3.05, 3.63) is 18.5 Å². The predicted octanol–water partition coefficient (Wildman–Crippen LogP) is 3.73. The molecule has 182 valence electrons. The molecule has 2 aromatic heterocycles. The van der Waals surface area contributed by atoms with E-state index in [9.17, 15) is 9.59 Å². The second kappa shape index (κ2) is 11.5. The molecule has 0 saturated carbocycles. The third kappa shape index (κ3) is 7.71. The fraction of sp³-hybridized carbons (Fsp3) is 0.636. The van der Waals surface area contributed by atoms with Crippen LogP contribution in [0.4, 0.5) is 15.4 Å². The number of rotatable bonds is 9. The lowest BCUT2D eigenvalue weighted by atomic mass is 9.94. The van der Waals surface area contributed by atoms with Crippen LogP contribution in [-0.4, -0.2) is 73.0 Å². The average Bonchev–Trinajstić information content (AvgIpc) is 3.18. The van der Waals surface area contributed by atoms with Crippen molar-refractivity contribution in [1.82, 2.24) is 24.8 Å². The molecule has 0 radical (unpaired) electrons. The van der Waals surface area contributed by atoms with Crippen LogP contribution in [-0.2, 0) is 16.2 Å². The minimum absolute atomic E-state index is 0.270. The number of anilines is 1. The Labute approximate surface area is 196 Å². The number of fused-ring (bicyclic) bond motifs is 1. The van der Waals surface area contributed by atoms with Gasteiger partial charge in [0, 0.05) is 40.5 Å². The van der Waals surface area contributed by atoms with Gasteiger partial charge < -0.3 is 24.3 Å². The Morgan fingerprint density at radius 1 is 1.24 bits per heavy atom. The quantitative estimate of drug-likeness (QED) is 0.421. The van der Waals surface area contributed by atoms with Gasteiger partial charge in [-0.05, 0) is 37.3 Å². The third-order valence-corrected chi connectivity index (χ3v) is 7.52. The number of nitrogens with zero attached hydrogens (tertiary/aromatic N) is 4. The molecule has 2 N–H and O–H groups in total. The summed E-state index contributed by atoms with van der Waals surface area (Å²) < 4.78 is 12.5. The van der Waals surface area contributed by atoms with Crippen molar-refractivity contribution < 1.29 is 19.1 Å². The van der Waals surface area contributed by atoms with E-state index in [0.29, 0.717) is 43.6 Å². The van der Waals surface area contributed by atoms with E-state index in [4.69, 9.17) is 9.47 Å². The highest BCUT2D eigenvalue weighted by Gasteiger charge is 2.23. The normalized spacial score (nSPS) is 15.0. The molecule has 0 aromatic carbocycles. The summed E-state index contributed by atoms with van der Waals surface area (Å²) in [5, 5.41) is 5.63. The Hall–Kier alpha value is -2.66. The van der Waals surface area contributed by atoms with E-state index < -0.39 is 8.07 Å². The fourth-order valence-corrected chi connectivity index (χ4v) is 4.51. The molecule has 0 unspecified atom stereocenters. The van der Waals surface area contributed by atoms with Crippen molar-refractivity contribution in [1.29, 1.82) is 0 Å². The Balaban J connectivity index is 1.40. The van der Waals surface area contributed by atoms with E-state index in [0.717, 1.165) is 37.6 Å². The van der Waals surface area contributed by atoms with Crippen molar-refractivity contribution in [3.63, 3.8) is 0 Å². The van der Waals surface area contributed by atoms with E-state index in [2.05, 4.69) is 40.2 Å². The summed E-state index contributed by atoms with van der Waals surface area (Å²) in [6.07, 6.45) is 5.89. The summed E-state index contributed by atoms with van der Waals surface area (Å²) >= 11 is 0. The third-order valence-electron chi connectivity index (χ3n) is 5.82. The van der Waals surface area contributed by atoms with Crippen LogP contribution in [0.2, 0.25) is 25.7 Å². The fourth-order valence-electron chi connectivity index (χ4n) is 3.75. The number of urea groups is 1. The lowest BCUT2D eigenvalue weighted by Crippen LogP contribution is -2.39. The number of methoxy groups -OCH3 is 1. The summed E-state index contributed by atoms with van der Waals surface area (Å²) in [5.41, 5.74) is 1.44. The Morgan fingerprint density at radius 3 is 2.70 bits per heavy atom. The zero-order valence-corrected chi connectivity index (χ0v) is 21.1. The Bertz CT molecular complexity index is 937. The van der Waals surface area contributed by atoms with E-state index >= 15 is 0 Å². The molecule has 1 fully saturated rings. The number of piperidine rings is 1. The topological polar surface area (TPSA) is 111 Å². The van der Waals surface area contributed by atoms with Crippen LogP contribution in [0.5, 0.6) is 0 Å². The highest BCUT2D eigenvalue weighted by atomic mass is 28.3. The Morgan fingerprint density at radius 2 is 2.00 bits per heavy atom. The molecule has 1 aliphatic rings. The lowest BCUT2D eigenvalue weighted by Gasteiger charge is -2.30. The standard InChI is InChI=1S/C22H36N6O4Si/c1-31-22(30)27-10-6-17(7-11-27)5-9-23-21(29)26-19-15-24-20-18(25-19)8-12-28(20)16-32-13-14-33(2,3)4/h8,12,15,17H,5-7,9-11,13-14,16H2,1-4H3,(H2,23,25,26,29). The predicted molar refractivity (Wildman–Crippen MR) is 130 cm³/mol. The minimum Gasteiger partial charge on any atom is -0.453 e. The van der Waals surface area contributed by atoms with Gasteiger partial charge in [-0.1, -0.05) is 19.6 Å². The highest BCUT2D eigenvalue weighted by Crippen LogP contribution is 2.20. The maximum Gasteiger partial charge on any atom is 0.409 e.